The highest BCUT2D eigenvalue weighted by molar-refractivity contribution is 5.67. The maximum absolute atomic E-state index is 11.7. The Morgan fingerprint density at radius 3 is 2.59 bits per heavy atom. The summed E-state index contributed by atoms with van der Waals surface area (Å²) in [6.45, 7) is 6.55. The minimum atomic E-state index is -0.173. The van der Waals surface area contributed by atoms with Gasteiger partial charge in [0.2, 0.25) is 0 Å². The second-order valence-corrected chi connectivity index (χ2v) is 5.24. The molecule has 17 heavy (non-hydrogen) atoms. The molecule has 1 fully saturated rings. The number of aliphatic hydroxyl groups is 1. The molecule has 0 aromatic rings. The number of amides is 1. The van der Waals surface area contributed by atoms with E-state index in [1.54, 1.807) is 4.90 Å². The van der Waals surface area contributed by atoms with Gasteiger partial charge >= 0.3 is 6.09 Å². The van der Waals surface area contributed by atoms with E-state index in [4.69, 9.17) is 9.84 Å². The molecule has 0 radical (unpaired) electrons. The Morgan fingerprint density at radius 1 is 1.41 bits per heavy atom. The fourth-order valence-corrected chi connectivity index (χ4v) is 2.06. The van der Waals surface area contributed by atoms with E-state index in [1.807, 2.05) is 0 Å². The van der Waals surface area contributed by atoms with Gasteiger partial charge in [-0.25, -0.2) is 4.79 Å². The second kappa shape index (κ2) is 7.54. The minimum absolute atomic E-state index is 0.173. The van der Waals surface area contributed by atoms with Gasteiger partial charge in [0.1, 0.15) is 0 Å². The zero-order valence-corrected chi connectivity index (χ0v) is 11.0. The molecule has 0 spiro atoms. The molecule has 0 aromatic carbocycles. The highest BCUT2D eigenvalue weighted by atomic mass is 16.6. The Hall–Kier alpha value is -0.770. The Morgan fingerprint density at radius 2 is 2.06 bits per heavy atom. The quantitative estimate of drug-likeness (QED) is 0.805. The number of rotatable bonds is 5. The van der Waals surface area contributed by atoms with Gasteiger partial charge in [0, 0.05) is 19.7 Å². The van der Waals surface area contributed by atoms with E-state index < -0.39 is 0 Å². The maximum Gasteiger partial charge on any atom is 0.409 e. The number of piperidine rings is 1. The van der Waals surface area contributed by atoms with Crippen molar-refractivity contribution in [1.29, 1.82) is 0 Å². The molecular formula is C13H25NO3. The molecule has 0 unspecified atom stereocenters. The molecule has 1 aliphatic rings. The third kappa shape index (κ3) is 5.39. The summed E-state index contributed by atoms with van der Waals surface area (Å²) < 4.78 is 5.23. The molecule has 1 saturated heterocycles. The fourth-order valence-electron chi connectivity index (χ4n) is 2.06. The van der Waals surface area contributed by atoms with Crippen LogP contribution in [0.5, 0.6) is 0 Å². The summed E-state index contributed by atoms with van der Waals surface area (Å²) in [6.07, 6.45) is 3.58. The smallest absolute Gasteiger partial charge is 0.409 e. The number of ether oxygens (including phenoxy) is 1. The van der Waals surface area contributed by atoms with E-state index in [0.717, 1.165) is 38.8 Å². The van der Waals surface area contributed by atoms with Gasteiger partial charge in [-0.05, 0) is 37.5 Å². The first-order valence-corrected chi connectivity index (χ1v) is 6.66. The highest BCUT2D eigenvalue weighted by Crippen LogP contribution is 2.20. The molecule has 0 aromatic heterocycles. The molecule has 1 aliphatic heterocycles. The number of likely N-dealkylation sites (tertiary alicyclic amines) is 1. The lowest BCUT2D eigenvalue weighted by molar-refractivity contribution is 0.0815. The summed E-state index contributed by atoms with van der Waals surface area (Å²) in [4.78, 5) is 13.5. The summed E-state index contributed by atoms with van der Waals surface area (Å²) in [5, 5.41) is 8.86. The number of hydrogen-bond donors (Lipinski definition) is 1. The summed E-state index contributed by atoms with van der Waals surface area (Å²) in [5.74, 6) is 1.14. The first-order valence-electron chi connectivity index (χ1n) is 6.66. The number of nitrogens with zero attached hydrogens (tertiary/aromatic N) is 1. The molecule has 0 saturated carbocycles. The van der Waals surface area contributed by atoms with Crippen LogP contribution in [0.15, 0.2) is 0 Å². The largest absolute Gasteiger partial charge is 0.449 e. The lowest BCUT2D eigenvalue weighted by atomic mass is 9.94. The first kappa shape index (κ1) is 14.3. The van der Waals surface area contributed by atoms with Crippen molar-refractivity contribution in [2.75, 3.05) is 26.3 Å². The van der Waals surface area contributed by atoms with Crippen molar-refractivity contribution in [2.24, 2.45) is 11.8 Å². The maximum atomic E-state index is 11.7. The van der Waals surface area contributed by atoms with E-state index >= 15 is 0 Å². The second-order valence-electron chi connectivity index (χ2n) is 5.24. The van der Waals surface area contributed by atoms with Gasteiger partial charge in [-0.15, -0.1) is 0 Å². The Balaban J connectivity index is 2.17. The van der Waals surface area contributed by atoms with E-state index in [-0.39, 0.29) is 12.7 Å². The van der Waals surface area contributed by atoms with Crippen molar-refractivity contribution >= 4 is 6.09 Å². The van der Waals surface area contributed by atoms with Crippen LogP contribution in [0.3, 0.4) is 0 Å². The van der Waals surface area contributed by atoms with Crippen LogP contribution >= 0.6 is 0 Å². The molecular weight excluding hydrogens is 218 g/mol. The topological polar surface area (TPSA) is 49.8 Å². The molecule has 1 N–H and O–H groups in total. The normalized spacial score (nSPS) is 17.5. The van der Waals surface area contributed by atoms with E-state index in [2.05, 4.69) is 13.8 Å². The molecule has 1 amide bonds. The van der Waals surface area contributed by atoms with Gasteiger partial charge < -0.3 is 14.7 Å². The van der Waals surface area contributed by atoms with Gasteiger partial charge in [-0.1, -0.05) is 13.8 Å². The number of carbonyl (C=O) groups excluding carboxylic acids is 1. The van der Waals surface area contributed by atoms with Crippen LogP contribution in [0.25, 0.3) is 0 Å². The van der Waals surface area contributed by atoms with E-state index in [0.29, 0.717) is 18.4 Å². The first-order chi connectivity index (χ1) is 8.13. The van der Waals surface area contributed by atoms with Crippen molar-refractivity contribution < 1.29 is 14.6 Å². The van der Waals surface area contributed by atoms with Gasteiger partial charge in [0.15, 0.2) is 0 Å². The van der Waals surface area contributed by atoms with Crippen LogP contribution in [-0.4, -0.2) is 42.4 Å². The predicted octanol–water partition coefficient (Wildman–Crippen LogP) is 2.26. The standard InChI is InChI=1S/C13H25NO3/c1-11(2)6-10-17-13(16)14-7-3-12(4-8-14)5-9-15/h11-12,15H,3-10H2,1-2H3. The lowest BCUT2D eigenvalue weighted by Gasteiger charge is -2.31. The van der Waals surface area contributed by atoms with Crippen LogP contribution in [0.2, 0.25) is 0 Å². The minimum Gasteiger partial charge on any atom is -0.449 e. The average molecular weight is 243 g/mol. The number of hydrogen-bond acceptors (Lipinski definition) is 3. The number of carbonyl (C=O) groups is 1. The fraction of sp³-hybridized carbons (Fsp3) is 0.923. The highest BCUT2D eigenvalue weighted by Gasteiger charge is 2.23. The Kier molecular flexibility index (Phi) is 6.34. The Labute approximate surface area is 104 Å². The van der Waals surface area contributed by atoms with Crippen molar-refractivity contribution in [3.05, 3.63) is 0 Å². The van der Waals surface area contributed by atoms with Crippen LogP contribution < -0.4 is 0 Å². The van der Waals surface area contributed by atoms with Gasteiger partial charge in [0.25, 0.3) is 0 Å². The van der Waals surface area contributed by atoms with E-state index in [1.165, 1.54) is 0 Å². The third-order valence-electron chi connectivity index (χ3n) is 3.33. The van der Waals surface area contributed by atoms with Crippen molar-refractivity contribution in [3.8, 4) is 0 Å². The molecule has 100 valence electrons. The van der Waals surface area contributed by atoms with E-state index in [9.17, 15) is 4.79 Å². The van der Waals surface area contributed by atoms with Crippen LogP contribution in [0.4, 0.5) is 4.79 Å². The monoisotopic (exact) mass is 243 g/mol. The zero-order valence-electron chi connectivity index (χ0n) is 11.0. The molecule has 1 rings (SSSR count). The molecule has 1 heterocycles. The van der Waals surface area contributed by atoms with Crippen molar-refractivity contribution in [3.63, 3.8) is 0 Å². The molecule has 0 aliphatic carbocycles. The summed E-state index contributed by atoms with van der Waals surface area (Å²) in [5.41, 5.74) is 0. The van der Waals surface area contributed by atoms with Gasteiger partial charge in [-0.3, -0.25) is 0 Å². The SMILES string of the molecule is CC(C)CCOC(=O)N1CCC(CCO)CC1. The molecule has 4 heteroatoms. The number of aliphatic hydroxyl groups excluding tert-OH is 1. The van der Waals surface area contributed by atoms with Crippen LogP contribution in [0, 0.1) is 11.8 Å². The zero-order chi connectivity index (χ0) is 12.7. The predicted molar refractivity (Wildman–Crippen MR) is 66.8 cm³/mol. The van der Waals surface area contributed by atoms with Crippen molar-refractivity contribution in [2.45, 2.75) is 39.5 Å². The van der Waals surface area contributed by atoms with Crippen molar-refractivity contribution in [1.82, 2.24) is 4.90 Å². The Bertz CT molecular complexity index is 223. The molecule has 4 nitrogen and oxygen atoms in total. The summed E-state index contributed by atoms with van der Waals surface area (Å²) in [7, 11) is 0. The van der Waals surface area contributed by atoms with Crippen LogP contribution in [0.1, 0.15) is 39.5 Å². The van der Waals surface area contributed by atoms with Gasteiger partial charge in [-0.2, -0.15) is 0 Å². The molecule has 0 atom stereocenters. The molecule has 0 bridgehead atoms. The lowest BCUT2D eigenvalue weighted by Crippen LogP contribution is -2.39. The van der Waals surface area contributed by atoms with Crippen LogP contribution in [-0.2, 0) is 4.74 Å². The van der Waals surface area contributed by atoms with Gasteiger partial charge in [0.05, 0.1) is 6.61 Å². The third-order valence-corrected chi connectivity index (χ3v) is 3.33. The average Bonchev–Trinajstić information content (AvgIpc) is 2.30. The summed E-state index contributed by atoms with van der Waals surface area (Å²) in [6, 6.07) is 0. The summed E-state index contributed by atoms with van der Waals surface area (Å²) >= 11 is 0.